The van der Waals surface area contributed by atoms with Gasteiger partial charge in [-0.25, -0.2) is 8.42 Å². The minimum absolute atomic E-state index is 0.524. The first kappa shape index (κ1) is 15.0. The SMILES string of the molecule is CCOc1ccc(C)cc1C(N)C(C)S(C)(=O)=O. The van der Waals surface area contributed by atoms with E-state index >= 15 is 0 Å². The van der Waals surface area contributed by atoms with Gasteiger partial charge in [-0.15, -0.1) is 0 Å². The summed E-state index contributed by atoms with van der Waals surface area (Å²) in [5, 5.41) is -0.640. The fraction of sp³-hybridized carbons (Fsp3) is 0.538. The van der Waals surface area contributed by atoms with E-state index in [0.717, 1.165) is 11.1 Å². The standard InChI is InChI=1S/C13H21NO3S/c1-5-17-12-7-6-9(2)8-11(12)13(14)10(3)18(4,15)16/h6-8,10,13H,5,14H2,1-4H3. The second kappa shape index (κ2) is 5.71. The van der Waals surface area contributed by atoms with Crippen LogP contribution in [0.25, 0.3) is 0 Å². The van der Waals surface area contributed by atoms with Crippen LogP contribution in [0.5, 0.6) is 5.75 Å². The van der Waals surface area contributed by atoms with Crippen LogP contribution >= 0.6 is 0 Å². The Morgan fingerprint density at radius 3 is 2.50 bits per heavy atom. The van der Waals surface area contributed by atoms with Gasteiger partial charge in [0.25, 0.3) is 0 Å². The quantitative estimate of drug-likeness (QED) is 0.887. The maximum atomic E-state index is 11.6. The predicted octanol–water partition coefficient (Wildman–Crippen LogP) is 1.83. The van der Waals surface area contributed by atoms with Crippen molar-refractivity contribution in [3.05, 3.63) is 29.3 Å². The van der Waals surface area contributed by atoms with E-state index in [1.54, 1.807) is 6.92 Å². The number of hydrogen-bond donors (Lipinski definition) is 1. The molecule has 2 N–H and O–H groups in total. The van der Waals surface area contributed by atoms with Gasteiger partial charge >= 0.3 is 0 Å². The van der Waals surface area contributed by atoms with Gasteiger partial charge in [0.15, 0.2) is 9.84 Å². The molecule has 4 nitrogen and oxygen atoms in total. The van der Waals surface area contributed by atoms with Crippen LogP contribution in [0.1, 0.15) is 31.0 Å². The molecule has 0 fully saturated rings. The summed E-state index contributed by atoms with van der Waals surface area (Å²) in [6, 6.07) is 5.06. The molecule has 2 atom stereocenters. The van der Waals surface area contributed by atoms with Crippen LogP contribution in [0.3, 0.4) is 0 Å². The highest BCUT2D eigenvalue weighted by Crippen LogP contribution is 2.29. The van der Waals surface area contributed by atoms with Gasteiger partial charge in [0, 0.05) is 17.9 Å². The highest BCUT2D eigenvalue weighted by Gasteiger charge is 2.26. The molecular formula is C13H21NO3S. The number of nitrogens with two attached hydrogens (primary N) is 1. The number of hydrogen-bond acceptors (Lipinski definition) is 4. The monoisotopic (exact) mass is 271 g/mol. The number of rotatable bonds is 5. The van der Waals surface area contributed by atoms with Gasteiger partial charge in [-0.2, -0.15) is 0 Å². The molecule has 1 rings (SSSR count). The maximum absolute atomic E-state index is 11.6. The van der Waals surface area contributed by atoms with E-state index in [4.69, 9.17) is 10.5 Å². The van der Waals surface area contributed by atoms with E-state index in [1.165, 1.54) is 6.26 Å². The van der Waals surface area contributed by atoms with Crippen LogP contribution in [-0.4, -0.2) is 26.5 Å². The molecule has 18 heavy (non-hydrogen) atoms. The largest absolute Gasteiger partial charge is 0.494 e. The summed E-state index contributed by atoms with van der Waals surface area (Å²) < 4.78 is 28.7. The topological polar surface area (TPSA) is 69.4 Å². The molecule has 5 heteroatoms. The highest BCUT2D eigenvalue weighted by atomic mass is 32.2. The van der Waals surface area contributed by atoms with Gasteiger partial charge < -0.3 is 10.5 Å². The average molecular weight is 271 g/mol. The van der Waals surface area contributed by atoms with Crippen molar-refractivity contribution >= 4 is 9.84 Å². The molecule has 0 aromatic heterocycles. The fourth-order valence-corrected chi connectivity index (χ4v) is 2.41. The lowest BCUT2D eigenvalue weighted by molar-refractivity contribution is 0.334. The first-order chi connectivity index (χ1) is 8.27. The lowest BCUT2D eigenvalue weighted by atomic mass is 10.0. The summed E-state index contributed by atoms with van der Waals surface area (Å²) in [6.45, 7) is 5.97. The van der Waals surface area contributed by atoms with Crippen LogP contribution in [0.4, 0.5) is 0 Å². The zero-order valence-electron chi connectivity index (χ0n) is 11.3. The summed E-state index contributed by atoms with van der Waals surface area (Å²) in [4.78, 5) is 0. The van der Waals surface area contributed by atoms with Crippen LogP contribution in [0, 0.1) is 6.92 Å². The number of sulfone groups is 1. The normalized spacial score (nSPS) is 15.2. The van der Waals surface area contributed by atoms with Crippen LogP contribution in [0.15, 0.2) is 18.2 Å². The summed E-state index contributed by atoms with van der Waals surface area (Å²) in [5.41, 5.74) is 7.84. The number of ether oxygens (including phenoxy) is 1. The van der Waals surface area contributed by atoms with Crippen molar-refractivity contribution in [2.45, 2.75) is 32.1 Å². The van der Waals surface area contributed by atoms with Gasteiger partial charge in [0.2, 0.25) is 0 Å². The lowest BCUT2D eigenvalue weighted by Gasteiger charge is -2.21. The van der Waals surface area contributed by atoms with Crippen molar-refractivity contribution in [2.75, 3.05) is 12.9 Å². The molecule has 1 aromatic rings. The molecule has 0 heterocycles. The minimum atomic E-state index is -3.18. The van der Waals surface area contributed by atoms with Gasteiger partial charge in [-0.1, -0.05) is 17.7 Å². The lowest BCUT2D eigenvalue weighted by Crippen LogP contribution is -2.30. The number of benzene rings is 1. The Bertz CT molecular complexity index is 511. The maximum Gasteiger partial charge on any atom is 0.151 e. The van der Waals surface area contributed by atoms with Crippen molar-refractivity contribution in [3.8, 4) is 5.75 Å². The fourth-order valence-electron chi connectivity index (χ4n) is 1.73. The molecule has 0 amide bonds. The molecule has 0 aliphatic heterocycles. The molecule has 2 unspecified atom stereocenters. The third kappa shape index (κ3) is 3.46. The van der Waals surface area contributed by atoms with E-state index < -0.39 is 21.1 Å². The van der Waals surface area contributed by atoms with E-state index in [0.29, 0.717) is 12.4 Å². The predicted molar refractivity (Wildman–Crippen MR) is 73.6 cm³/mol. The van der Waals surface area contributed by atoms with Crippen LogP contribution < -0.4 is 10.5 Å². The first-order valence-corrected chi connectivity index (χ1v) is 7.90. The molecule has 0 spiro atoms. The Hall–Kier alpha value is -1.07. The Labute approximate surface area is 109 Å². The van der Waals surface area contributed by atoms with Crippen molar-refractivity contribution in [2.24, 2.45) is 5.73 Å². The average Bonchev–Trinajstić information content (AvgIpc) is 2.28. The van der Waals surface area contributed by atoms with Gasteiger partial charge in [-0.05, 0) is 26.8 Å². The second-order valence-electron chi connectivity index (χ2n) is 4.53. The summed E-state index contributed by atoms with van der Waals surface area (Å²) in [6.07, 6.45) is 1.20. The molecule has 102 valence electrons. The third-order valence-corrected chi connectivity index (χ3v) is 4.65. The minimum Gasteiger partial charge on any atom is -0.494 e. The highest BCUT2D eigenvalue weighted by molar-refractivity contribution is 7.91. The Balaban J connectivity index is 3.18. The van der Waals surface area contributed by atoms with Crippen molar-refractivity contribution in [3.63, 3.8) is 0 Å². The van der Waals surface area contributed by atoms with Crippen molar-refractivity contribution < 1.29 is 13.2 Å². The summed E-state index contributed by atoms with van der Waals surface area (Å²) >= 11 is 0. The van der Waals surface area contributed by atoms with Gasteiger partial charge in [0.1, 0.15) is 5.75 Å². The van der Waals surface area contributed by atoms with E-state index in [2.05, 4.69) is 0 Å². The zero-order chi connectivity index (χ0) is 13.9. The molecule has 1 aromatic carbocycles. The van der Waals surface area contributed by atoms with Crippen LogP contribution in [-0.2, 0) is 9.84 Å². The molecular weight excluding hydrogens is 250 g/mol. The van der Waals surface area contributed by atoms with Gasteiger partial charge in [-0.3, -0.25) is 0 Å². The zero-order valence-corrected chi connectivity index (χ0v) is 12.1. The molecule has 0 radical (unpaired) electrons. The molecule has 0 aliphatic carbocycles. The first-order valence-electron chi connectivity index (χ1n) is 5.95. The van der Waals surface area contributed by atoms with Crippen molar-refractivity contribution in [1.29, 1.82) is 0 Å². The molecule has 0 saturated heterocycles. The Morgan fingerprint density at radius 1 is 1.39 bits per heavy atom. The summed E-state index contributed by atoms with van der Waals surface area (Å²) in [7, 11) is -3.18. The van der Waals surface area contributed by atoms with Crippen molar-refractivity contribution in [1.82, 2.24) is 0 Å². The van der Waals surface area contributed by atoms with E-state index in [9.17, 15) is 8.42 Å². The van der Waals surface area contributed by atoms with E-state index in [-0.39, 0.29) is 0 Å². The van der Waals surface area contributed by atoms with E-state index in [1.807, 2.05) is 32.0 Å². The second-order valence-corrected chi connectivity index (χ2v) is 6.94. The third-order valence-electron chi connectivity index (χ3n) is 3.01. The smallest absolute Gasteiger partial charge is 0.151 e. The molecule has 0 saturated carbocycles. The molecule has 0 aliphatic rings. The van der Waals surface area contributed by atoms with Gasteiger partial charge in [0.05, 0.1) is 11.9 Å². The molecule has 0 bridgehead atoms. The van der Waals surface area contributed by atoms with Crippen LogP contribution in [0.2, 0.25) is 0 Å². The Morgan fingerprint density at radius 2 is 2.00 bits per heavy atom. The number of aryl methyl sites for hydroxylation is 1. The Kier molecular flexibility index (Phi) is 4.76. The summed E-state index contributed by atoms with van der Waals surface area (Å²) in [5.74, 6) is 0.658.